The van der Waals surface area contributed by atoms with E-state index in [2.05, 4.69) is 25.6 Å². The molecule has 1 aromatic heterocycles. The number of halogens is 1. The predicted molar refractivity (Wildman–Crippen MR) is 122 cm³/mol. The number of aromatic nitrogens is 2. The smallest absolute Gasteiger partial charge is 0.263 e. The number of sulfonamides is 2. The number of anilines is 3. The van der Waals surface area contributed by atoms with E-state index in [0.717, 1.165) is 0 Å². The van der Waals surface area contributed by atoms with Gasteiger partial charge in [-0.25, -0.2) is 22.0 Å². The molecule has 0 saturated carbocycles. The van der Waals surface area contributed by atoms with Gasteiger partial charge in [0, 0.05) is 11.4 Å². The van der Waals surface area contributed by atoms with Crippen LogP contribution >= 0.6 is 23.8 Å². The lowest BCUT2D eigenvalue weighted by Gasteiger charge is -2.12. The largest absolute Gasteiger partial charge is 0.332 e. The minimum Gasteiger partial charge on any atom is -0.332 e. The highest BCUT2D eigenvalue weighted by atomic mass is 35.5. The molecule has 2 aromatic carbocycles. The molecular weight excluding hydrogens is 484 g/mol. The quantitative estimate of drug-likeness (QED) is 0.374. The number of hydrogen-bond donors (Lipinski definition) is 4. The zero-order chi connectivity index (χ0) is 22.6. The molecule has 0 radical (unpaired) electrons. The van der Waals surface area contributed by atoms with Crippen LogP contribution in [-0.4, -0.2) is 32.1 Å². The van der Waals surface area contributed by atoms with Crippen molar-refractivity contribution in [1.29, 1.82) is 0 Å². The summed E-state index contributed by atoms with van der Waals surface area (Å²) in [5.74, 6) is 0.0328. The number of hydrogen-bond acceptors (Lipinski definition) is 7. The zero-order valence-corrected chi connectivity index (χ0v) is 18.7. The summed E-state index contributed by atoms with van der Waals surface area (Å²) in [4.78, 5) is -0.0147. The Morgan fingerprint density at radius 2 is 1.32 bits per heavy atom. The molecule has 0 aliphatic rings. The van der Waals surface area contributed by atoms with E-state index in [0.29, 0.717) is 11.4 Å². The summed E-state index contributed by atoms with van der Waals surface area (Å²) in [6.45, 7) is 0. The van der Waals surface area contributed by atoms with Crippen LogP contribution in [0, 0.1) is 0 Å². The number of nitrogens with one attached hydrogen (secondary N) is 3. The summed E-state index contributed by atoms with van der Waals surface area (Å²) in [6.07, 6.45) is 0. The van der Waals surface area contributed by atoms with Crippen molar-refractivity contribution < 1.29 is 16.8 Å². The summed E-state index contributed by atoms with van der Waals surface area (Å²) >= 11 is 10.8. The minimum atomic E-state index is -3.87. The van der Waals surface area contributed by atoms with Crippen molar-refractivity contribution in [1.82, 2.24) is 10.2 Å². The van der Waals surface area contributed by atoms with Crippen LogP contribution in [-0.2, 0) is 20.0 Å². The van der Waals surface area contributed by atoms with Gasteiger partial charge in [-0.1, -0.05) is 11.6 Å². The molecule has 0 aliphatic heterocycles. The highest BCUT2D eigenvalue weighted by Gasteiger charge is 2.15. The molecule has 10 nitrogen and oxygen atoms in total. The average Bonchev–Trinajstić information content (AvgIpc) is 2.70. The molecule has 0 bridgehead atoms. The van der Waals surface area contributed by atoms with Crippen LogP contribution in [0.25, 0.3) is 0 Å². The highest BCUT2D eigenvalue weighted by molar-refractivity contribution is 7.92. The van der Waals surface area contributed by atoms with E-state index in [4.69, 9.17) is 29.0 Å². The first-order valence-corrected chi connectivity index (χ1v) is 12.2. The van der Waals surface area contributed by atoms with Gasteiger partial charge in [-0.2, -0.15) is 0 Å². The first-order valence-electron chi connectivity index (χ1n) is 8.36. The molecule has 0 spiro atoms. The fraction of sp³-hybridized carbons (Fsp3) is 0. The Kier molecular flexibility index (Phi) is 6.71. The Morgan fingerprint density at radius 1 is 0.806 bits per heavy atom. The number of thiocarbonyl (C=S) groups is 1. The monoisotopic (exact) mass is 498 g/mol. The molecule has 31 heavy (non-hydrogen) atoms. The Morgan fingerprint density at radius 3 is 1.77 bits per heavy atom. The third-order valence-electron chi connectivity index (χ3n) is 3.73. The summed E-state index contributed by atoms with van der Waals surface area (Å²) in [5.41, 5.74) is 1.07. The molecule has 14 heteroatoms. The van der Waals surface area contributed by atoms with Crippen molar-refractivity contribution in [2.24, 2.45) is 5.14 Å². The third-order valence-corrected chi connectivity index (χ3v) is 6.44. The van der Waals surface area contributed by atoms with Crippen LogP contribution in [0.2, 0.25) is 5.15 Å². The maximum Gasteiger partial charge on any atom is 0.263 e. The molecule has 0 fully saturated rings. The minimum absolute atomic E-state index is 0.00672. The number of nitrogens with two attached hydrogens (primary N) is 1. The van der Waals surface area contributed by atoms with Crippen LogP contribution in [0.1, 0.15) is 0 Å². The fourth-order valence-corrected chi connectivity index (χ4v) is 4.15. The van der Waals surface area contributed by atoms with Crippen molar-refractivity contribution in [3.8, 4) is 0 Å². The summed E-state index contributed by atoms with van der Waals surface area (Å²) in [5, 5.41) is 18.4. The first kappa shape index (κ1) is 22.8. The van der Waals surface area contributed by atoms with Crippen LogP contribution in [0.3, 0.4) is 0 Å². The van der Waals surface area contributed by atoms with E-state index in [1.54, 1.807) is 0 Å². The van der Waals surface area contributed by atoms with E-state index in [-0.39, 0.29) is 25.9 Å². The van der Waals surface area contributed by atoms with E-state index in [1.807, 2.05) is 0 Å². The molecule has 3 aromatic rings. The van der Waals surface area contributed by atoms with Crippen molar-refractivity contribution in [2.45, 2.75) is 9.79 Å². The van der Waals surface area contributed by atoms with Gasteiger partial charge in [0.2, 0.25) is 10.0 Å². The van der Waals surface area contributed by atoms with Gasteiger partial charge >= 0.3 is 0 Å². The van der Waals surface area contributed by atoms with Gasteiger partial charge in [-0.3, -0.25) is 4.72 Å². The summed E-state index contributed by atoms with van der Waals surface area (Å²) in [6, 6.07) is 14.3. The second kappa shape index (κ2) is 9.11. The molecular formula is C17H15ClN6O4S3. The molecule has 0 atom stereocenters. The van der Waals surface area contributed by atoms with Gasteiger partial charge in [0.1, 0.15) is 0 Å². The van der Waals surface area contributed by atoms with Crippen LogP contribution in [0.4, 0.5) is 17.2 Å². The molecule has 5 N–H and O–H groups in total. The second-order valence-corrected chi connectivity index (χ2v) is 10.1. The van der Waals surface area contributed by atoms with Crippen LogP contribution in [0.5, 0.6) is 0 Å². The van der Waals surface area contributed by atoms with Gasteiger partial charge in [-0.15, -0.1) is 10.2 Å². The van der Waals surface area contributed by atoms with Crippen LogP contribution in [0.15, 0.2) is 70.5 Å². The highest BCUT2D eigenvalue weighted by Crippen LogP contribution is 2.18. The lowest BCUT2D eigenvalue weighted by Crippen LogP contribution is -2.19. The summed E-state index contributed by atoms with van der Waals surface area (Å²) < 4.78 is 49.7. The fourth-order valence-electron chi connectivity index (χ4n) is 2.31. The van der Waals surface area contributed by atoms with Crippen molar-refractivity contribution in [3.05, 3.63) is 65.8 Å². The standard InChI is InChI=1S/C17H15ClN6O4S3/c18-15-9-10-16(23-22-15)24-31(27,28)14-7-3-12(4-8-14)21-17(29)20-11-1-5-13(6-2-11)30(19,25)26/h1-10H,(H,23,24)(H2,19,25,26)(H2,20,21,29). The van der Waals surface area contributed by atoms with Crippen molar-refractivity contribution in [2.75, 3.05) is 15.4 Å². The Balaban J connectivity index is 1.63. The average molecular weight is 499 g/mol. The van der Waals surface area contributed by atoms with Crippen molar-refractivity contribution in [3.63, 3.8) is 0 Å². The third kappa shape index (κ3) is 6.32. The maximum atomic E-state index is 12.4. The van der Waals surface area contributed by atoms with Gasteiger partial charge < -0.3 is 10.6 Å². The maximum absolute atomic E-state index is 12.4. The van der Waals surface area contributed by atoms with E-state index < -0.39 is 20.0 Å². The number of rotatable bonds is 6. The molecule has 0 saturated heterocycles. The molecule has 0 amide bonds. The number of nitrogens with zero attached hydrogens (tertiary/aromatic N) is 2. The van der Waals surface area contributed by atoms with Crippen molar-refractivity contribution >= 4 is 66.2 Å². The van der Waals surface area contributed by atoms with Crippen LogP contribution < -0.4 is 20.5 Å². The molecule has 0 aliphatic carbocycles. The first-order chi connectivity index (χ1) is 14.5. The van der Waals surface area contributed by atoms with Gasteiger partial charge in [0.05, 0.1) is 9.79 Å². The molecule has 0 unspecified atom stereocenters. The summed E-state index contributed by atoms with van der Waals surface area (Å²) in [7, 11) is -7.65. The SMILES string of the molecule is NS(=O)(=O)c1ccc(NC(=S)Nc2ccc(S(=O)(=O)Nc3ccc(Cl)nn3)cc2)cc1. The molecule has 162 valence electrons. The topological polar surface area (TPSA) is 156 Å². The Bertz CT molecular complexity index is 1300. The van der Waals surface area contributed by atoms with Gasteiger partial charge in [0.15, 0.2) is 16.1 Å². The van der Waals surface area contributed by atoms with Gasteiger partial charge in [0.25, 0.3) is 10.0 Å². The molecule has 3 rings (SSSR count). The molecule has 1 heterocycles. The predicted octanol–water partition coefficient (Wildman–Crippen LogP) is 2.39. The second-order valence-electron chi connectivity index (χ2n) is 6.02. The van der Waals surface area contributed by atoms with E-state index >= 15 is 0 Å². The Labute approximate surface area is 188 Å². The lowest BCUT2D eigenvalue weighted by atomic mass is 10.3. The number of benzene rings is 2. The van der Waals surface area contributed by atoms with E-state index in [9.17, 15) is 16.8 Å². The lowest BCUT2D eigenvalue weighted by molar-refractivity contribution is 0.597. The number of primary sulfonamides is 1. The Hall–Kier alpha value is -2.84. The zero-order valence-electron chi connectivity index (χ0n) is 15.5. The normalized spacial score (nSPS) is 11.5. The van der Waals surface area contributed by atoms with Gasteiger partial charge in [-0.05, 0) is 72.9 Å². The van der Waals surface area contributed by atoms with E-state index in [1.165, 1.54) is 60.7 Å².